The number of guanidine groups is 1. The minimum atomic E-state index is 0.477. The van der Waals surface area contributed by atoms with Crippen molar-refractivity contribution in [2.75, 3.05) is 27.4 Å². The fraction of sp³-hybridized carbons (Fsp3) is 0.318. The SMILES string of the molecule is C=CCOc1ccccc1CNC(=NCc1ccc(OC)c(OC)c1)NCC. The van der Waals surface area contributed by atoms with E-state index < -0.39 is 0 Å². The van der Waals surface area contributed by atoms with E-state index in [0.717, 1.165) is 29.4 Å². The number of nitrogens with one attached hydrogen (secondary N) is 2. The maximum atomic E-state index is 5.71. The molecular formula is C22H29N3O3. The Bertz CT molecular complexity index is 790. The van der Waals surface area contributed by atoms with Crippen molar-refractivity contribution in [3.63, 3.8) is 0 Å². The summed E-state index contributed by atoms with van der Waals surface area (Å²) in [4.78, 5) is 4.66. The molecule has 2 aromatic carbocycles. The van der Waals surface area contributed by atoms with Crippen molar-refractivity contribution >= 4 is 5.96 Å². The Labute approximate surface area is 167 Å². The fourth-order valence-electron chi connectivity index (χ4n) is 2.61. The summed E-state index contributed by atoms with van der Waals surface area (Å²) in [7, 11) is 3.25. The van der Waals surface area contributed by atoms with Crippen molar-refractivity contribution in [2.45, 2.75) is 20.0 Å². The molecule has 0 aromatic heterocycles. The molecule has 6 nitrogen and oxygen atoms in total. The summed E-state index contributed by atoms with van der Waals surface area (Å²) >= 11 is 0. The predicted molar refractivity (Wildman–Crippen MR) is 113 cm³/mol. The molecule has 0 aliphatic heterocycles. The molecule has 28 heavy (non-hydrogen) atoms. The minimum Gasteiger partial charge on any atom is -0.493 e. The number of methoxy groups -OCH3 is 2. The molecule has 2 aromatic rings. The fourth-order valence-corrected chi connectivity index (χ4v) is 2.61. The van der Waals surface area contributed by atoms with E-state index in [-0.39, 0.29) is 0 Å². The van der Waals surface area contributed by atoms with Crippen molar-refractivity contribution in [3.05, 3.63) is 66.2 Å². The van der Waals surface area contributed by atoms with Crippen LogP contribution >= 0.6 is 0 Å². The van der Waals surface area contributed by atoms with Crippen molar-refractivity contribution in [3.8, 4) is 17.2 Å². The van der Waals surface area contributed by atoms with Gasteiger partial charge in [-0.2, -0.15) is 0 Å². The topological polar surface area (TPSA) is 64.1 Å². The summed E-state index contributed by atoms with van der Waals surface area (Å²) in [5.41, 5.74) is 2.09. The van der Waals surface area contributed by atoms with Crippen LogP contribution in [0, 0.1) is 0 Å². The number of hydrogen-bond acceptors (Lipinski definition) is 4. The second-order valence-electron chi connectivity index (χ2n) is 5.95. The third-order valence-electron chi connectivity index (χ3n) is 3.99. The Hall–Kier alpha value is -3.15. The highest BCUT2D eigenvalue weighted by molar-refractivity contribution is 5.79. The van der Waals surface area contributed by atoms with Crippen LogP contribution in [0.3, 0.4) is 0 Å². The van der Waals surface area contributed by atoms with Crippen LogP contribution in [0.25, 0.3) is 0 Å². The lowest BCUT2D eigenvalue weighted by atomic mass is 10.2. The Morgan fingerprint density at radius 2 is 1.82 bits per heavy atom. The van der Waals surface area contributed by atoms with Gasteiger partial charge in [-0.05, 0) is 30.7 Å². The quantitative estimate of drug-likeness (QED) is 0.373. The van der Waals surface area contributed by atoms with Crippen molar-refractivity contribution in [2.24, 2.45) is 4.99 Å². The largest absolute Gasteiger partial charge is 0.493 e. The van der Waals surface area contributed by atoms with E-state index in [0.29, 0.717) is 31.2 Å². The average molecular weight is 383 g/mol. The Morgan fingerprint density at radius 1 is 1.04 bits per heavy atom. The van der Waals surface area contributed by atoms with Crippen LogP contribution in [0.4, 0.5) is 0 Å². The minimum absolute atomic E-state index is 0.477. The second kappa shape index (κ2) is 11.5. The van der Waals surface area contributed by atoms with E-state index in [4.69, 9.17) is 14.2 Å². The number of nitrogens with zero attached hydrogens (tertiary/aromatic N) is 1. The molecule has 0 aliphatic rings. The zero-order chi connectivity index (χ0) is 20.2. The lowest BCUT2D eigenvalue weighted by Crippen LogP contribution is -2.36. The van der Waals surface area contributed by atoms with Crippen molar-refractivity contribution in [1.82, 2.24) is 10.6 Å². The third kappa shape index (κ3) is 6.23. The first-order valence-electron chi connectivity index (χ1n) is 9.26. The van der Waals surface area contributed by atoms with Gasteiger partial charge in [0.2, 0.25) is 0 Å². The summed E-state index contributed by atoms with van der Waals surface area (Å²) in [5, 5.41) is 6.62. The van der Waals surface area contributed by atoms with E-state index in [1.807, 2.05) is 49.4 Å². The molecule has 0 amide bonds. The van der Waals surface area contributed by atoms with E-state index in [1.165, 1.54) is 0 Å². The predicted octanol–water partition coefficient (Wildman–Crippen LogP) is 3.52. The van der Waals surface area contributed by atoms with Crippen molar-refractivity contribution < 1.29 is 14.2 Å². The van der Waals surface area contributed by atoms with Gasteiger partial charge in [0.1, 0.15) is 12.4 Å². The molecule has 0 atom stereocenters. The molecule has 0 saturated heterocycles. The number of aliphatic imine (C=N–C) groups is 1. The zero-order valence-corrected chi connectivity index (χ0v) is 16.8. The number of benzene rings is 2. The van der Waals surface area contributed by atoms with Crippen LogP contribution in [-0.4, -0.2) is 33.3 Å². The maximum Gasteiger partial charge on any atom is 0.191 e. The van der Waals surface area contributed by atoms with E-state index in [1.54, 1.807) is 20.3 Å². The maximum absolute atomic E-state index is 5.71. The molecule has 0 aliphatic carbocycles. The molecular weight excluding hydrogens is 354 g/mol. The summed E-state index contributed by atoms with van der Waals surface area (Å²) in [6.07, 6.45) is 1.73. The van der Waals surface area contributed by atoms with Gasteiger partial charge in [-0.15, -0.1) is 0 Å². The standard InChI is InChI=1S/C22H29N3O3/c1-5-13-28-19-10-8-7-9-18(19)16-25-22(23-6-2)24-15-17-11-12-20(26-3)21(14-17)27-4/h5,7-12,14H,1,6,13,15-16H2,2-4H3,(H2,23,24,25). The molecule has 0 saturated carbocycles. The van der Waals surface area contributed by atoms with E-state index >= 15 is 0 Å². The molecule has 0 radical (unpaired) electrons. The number of rotatable bonds is 10. The first kappa shape index (κ1) is 21.2. The number of hydrogen-bond donors (Lipinski definition) is 2. The van der Waals surface area contributed by atoms with Crippen LogP contribution in [-0.2, 0) is 13.1 Å². The Morgan fingerprint density at radius 3 is 2.54 bits per heavy atom. The molecule has 6 heteroatoms. The van der Waals surface area contributed by atoms with Gasteiger partial charge in [0.15, 0.2) is 17.5 Å². The van der Waals surface area contributed by atoms with E-state index in [2.05, 4.69) is 22.2 Å². The van der Waals surface area contributed by atoms with Crippen LogP contribution in [0.2, 0.25) is 0 Å². The van der Waals surface area contributed by atoms with Gasteiger partial charge in [-0.3, -0.25) is 0 Å². The van der Waals surface area contributed by atoms with E-state index in [9.17, 15) is 0 Å². The summed E-state index contributed by atoms with van der Waals surface area (Å²) in [6.45, 7) is 8.10. The number of para-hydroxylation sites is 1. The highest BCUT2D eigenvalue weighted by Crippen LogP contribution is 2.27. The second-order valence-corrected chi connectivity index (χ2v) is 5.95. The third-order valence-corrected chi connectivity index (χ3v) is 3.99. The first-order chi connectivity index (χ1) is 13.7. The smallest absolute Gasteiger partial charge is 0.191 e. The Balaban J connectivity index is 2.06. The molecule has 0 fully saturated rings. The van der Waals surface area contributed by atoms with Crippen molar-refractivity contribution in [1.29, 1.82) is 0 Å². The van der Waals surface area contributed by atoms with Gasteiger partial charge in [0.05, 0.1) is 20.8 Å². The van der Waals surface area contributed by atoms with Crippen LogP contribution < -0.4 is 24.8 Å². The summed E-state index contributed by atoms with van der Waals surface area (Å²) < 4.78 is 16.3. The molecule has 0 heterocycles. The highest BCUT2D eigenvalue weighted by Gasteiger charge is 2.06. The van der Waals surface area contributed by atoms with Gasteiger partial charge in [0.25, 0.3) is 0 Å². The zero-order valence-electron chi connectivity index (χ0n) is 16.8. The van der Waals surface area contributed by atoms with Crippen LogP contribution in [0.5, 0.6) is 17.2 Å². The summed E-state index contributed by atoms with van der Waals surface area (Å²) in [6, 6.07) is 13.7. The van der Waals surface area contributed by atoms with Crippen LogP contribution in [0.1, 0.15) is 18.1 Å². The highest BCUT2D eigenvalue weighted by atomic mass is 16.5. The monoisotopic (exact) mass is 383 g/mol. The Kier molecular flexibility index (Phi) is 8.72. The first-order valence-corrected chi connectivity index (χ1v) is 9.26. The molecule has 0 bridgehead atoms. The molecule has 2 N–H and O–H groups in total. The molecule has 2 rings (SSSR count). The van der Waals surface area contributed by atoms with Gasteiger partial charge in [-0.25, -0.2) is 4.99 Å². The van der Waals surface area contributed by atoms with Gasteiger partial charge < -0.3 is 24.8 Å². The average Bonchev–Trinajstić information content (AvgIpc) is 2.74. The van der Waals surface area contributed by atoms with Gasteiger partial charge >= 0.3 is 0 Å². The summed E-state index contributed by atoms with van der Waals surface area (Å²) in [5.74, 6) is 2.97. The lowest BCUT2D eigenvalue weighted by molar-refractivity contribution is 0.354. The normalized spacial score (nSPS) is 10.9. The van der Waals surface area contributed by atoms with Crippen LogP contribution in [0.15, 0.2) is 60.1 Å². The lowest BCUT2D eigenvalue weighted by Gasteiger charge is -2.14. The van der Waals surface area contributed by atoms with Gasteiger partial charge in [-0.1, -0.05) is 36.9 Å². The van der Waals surface area contributed by atoms with Gasteiger partial charge in [0, 0.05) is 18.7 Å². The molecule has 150 valence electrons. The molecule has 0 unspecified atom stereocenters. The number of ether oxygens (including phenoxy) is 3. The molecule has 0 spiro atoms.